The van der Waals surface area contributed by atoms with E-state index >= 15 is 0 Å². The lowest BCUT2D eigenvalue weighted by Crippen LogP contribution is -2.21. The van der Waals surface area contributed by atoms with Crippen molar-refractivity contribution < 1.29 is 24.4 Å². The van der Waals surface area contributed by atoms with Gasteiger partial charge >= 0.3 is 5.97 Å². The van der Waals surface area contributed by atoms with E-state index < -0.39 is 23.4 Å². The minimum absolute atomic E-state index is 0.0897. The molecular weight excluding hydrogens is 396 g/mol. The second-order valence-corrected chi connectivity index (χ2v) is 5.96. The Balaban J connectivity index is 1.99. The summed E-state index contributed by atoms with van der Waals surface area (Å²) in [5.74, 6) is -1.81. The molecule has 25 heavy (non-hydrogen) atoms. The molecule has 0 aliphatic rings. The van der Waals surface area contributed by atoms with E-state index in [1.807, 2.05) is 0 Å². The molecule has 1 amide bonds. The van der Waals surface area contributed by atoms with Gasteiger partial charge in [0.15, 0.2) is 6.61 Å². The van der Waals surface area contributed by atoms with Crippen molar-refractivity contribution in [2.75, 3.05) is 11.9 Å². The molecule has 0 saturated heterocycles. The fraction of sp³-hybridized carbons (Fsp3) is 0.125. The molecule has 2 aromatic rings. The highest BCUT2D eigenvalue weighted by molar-refractivity contribution is 9.10. The summed E-state index contributed by atoms with van der Waals surface area (Å²) in [6.45, 7) is 0.975. The molecular formula is C16H13BrN2O6. The molecule has 0 aliphatic carbocycles. The quantitative estimate of drug-likeness (QED) is 0.445. The summed E-state index contributed by atoms with van der Waals surface area (Å²) in [5, 5.41) is 22.9. The van der Waals surface area contributed by atoms with Crippen LogP contribution in [0.25, 0.3) is 0 Å². The van der Waals surface area contributed by atoms with Gasteiger partial charge in [0, 0.05) is 21.8 Å². The molecule has 9 heteroatoms. The van der Waals surface area contributed by atoms with Crippen LogP contribution in [0.4, 0.5) is 11.4 Å². The maximum absolute atomic E-state index is 11.9. The number of hydrogen-bond acceptors (Lipinski definition) is 6. The van der Waals surface area contributed by atoms with Gasteiger partial charge in [-0.3, -0.25) is 14.9 Å². The van der Waals surface area contributed by atoms with Crippen molar-refractivity contribution in [3.05, 3.63) is 62.1 Å². The topological polar surface area (TPSA) is 119 Å². The summed E-state index contributed by atoms with van der Waals surface area (Å²) in [4.78, 5) is 34.1. The van der Waals surface area contributed by atoms with Crippen LogP contribution in [-0.2, 0) is 9.53 Å². The lowest BCUT2D eigenvalue weighted by atomic mass is 10.2. The molecule has 0 bridgehead atoms. The van der Waals surface area contributed by atoms with Crippen LogP contribution in [0.3, 0.4) is 0 Å². The lowest BCUT2D eigenvalue weighted by molar-refractivity contribution is -0.385. The summed E-state index contributed by atoms with van der Waals surface area (Å²) in [6, 6.07) is 8.44. The van der Waals surface area contributed by atoms with Gasteiger partial charge in [-0.25, -0.2) is 4.79 Å². The van der Waals surface area contributed by atoms with Crippen molar-refractivity contribution in [1.82, 2.24) is 0 Å². The van der Waals surface area contributed by atoms with Gasteiger partial charge in [0.2, 0.25) is 0 Å². The Morgan fingerprint density at radius 3 is 2.68 bits per heavy atom. The largest absolute Gasteiger partial charge is 0.507 e. The zero-order valence-electron chi connectivity index (χ0n) is 13.0. The summed E-state index contributed by atoms with van der Waals surface area (Å²) in [5.41, 5.74) is 0.449. The summed E-state index contributed by atoms with van der Waals surface area (Å²) >= 11 is 3.16. The highest BCUT2D eigenvalue weighted by atomic mass is 79.9. The number of esters is 1. The van der Waals surface area contributed by atoms with Crippen LogP contribution in [0.2, 0.25) is 0 Å². The molecule has 8 nitrogen and oxygen atoms in total. The third-order valence-electron chi connectivity index (χ3n) is 3.20. The van der Waals surface area contributed by atoms with E-state index in [4.69, 9.17) is 4.74 Å². The van der Waals surface area contributed by atoms with E-state index in [0.717, 1.165) is 0 Å². The van der Waals surface area contributed by atoms with E-state index in [2.05, 4.69) is 21.2 Å². The van der Waals surface area contributed by atoms with E-state index in [1.165, 1.54) is 30.3 Å². The fourth-order valence-electron chi connectivity index (χ4n) is 1.96. The SMILES string of the molecule is Cc1ccc(NC(=O)COC(=O)c2cc(Br)ccc2O)cc1[N+](=O)[O-]. The molecule has 0 saturated carbocycles. The summed E-state index contributed by atoms with van der Waals surface area (Å²) in [7, 11) is 0. The van der Waals surface area contributed by atoms with Crippen molar-refractivity contribution >= 4 is 39.2 Å². The average molecular weight is 409 g/mol. The molecule has 0 aromatic heterocycles. The standard InChI is InChI=1S/C16H13BrN2O6/c1-9-2-4-11(7-13(9)19(23)24)18-15(21)8-25-16(22)12-6-10(17)3-5-14(12)20/h2-7,20H,8H2,1H3,(H,18,21). The number of phenols is 1. The number of nitro benzene ring substituents is 1. The second-order valence-electron chi connectivity index (χ2n) is 5.04. The molecule has 130 valence electrons. The molecule has 0 heterocycles. The number of halogens is 1. The first-order valence-corrected chi connectivity index (χ1v) is 7.78. The molecule has 2 aromatic carbocycles. The molecule has 2 N–H and O–H groups in total. The Hall–Kier alpha value is -2.94. The van der Waals surface area contributed by atoms with Gasteiger partial charge in [-0.15, -0.1) is 0 Å². The molecule has 0 atom stereocenters. The number of rotatable bonds is 5. The number of amides is 1. The van der Waals surface area contributed by atoms with E-state index in [0.29, 0.717) is 10.0 Å². The van der Waals surface area contributed by atoms with Crippen molar-refractivity contribution in [2.24, 2.45) is 0 Å². The number of nitrogens with zero attached hydrogens (tertiary/aromatic N) is 1. The highest BCUT2D eigenvalue weighted by Crippen LogP contribution is 2.23. The van der Waals surface area contributed by atoms with Crippen molar-refractivity contribution in [3.63, 3.8) is 0 Å². The maximum Gasteiger partial charge on any atom is 0.342 e. The number of anilines is 1. The number of benzene rings is 2. The van der Waals surface area contributed by atoms with Crippen molar-refractivity contribution in [3.8, 4) is 5.75 Å². The lowest BCUT2D eigenvalue weighted by Gasteiger charge is -2.08. The Morgan fingerprint density at radius 2 is 2.00 bits per heavy atom. The van der Waals surface area contributed by atoms with Crippen molar-refractivity contribution in [1.29, 1.82) is 0 Å². The van der Waals surface area contributed by atoms with E-state index in [9.17, 15) is 24.8 Å². The fourth-order valence-corrected chi connectivity index (χ4v) is 2.32. The molecule has 0 aliphatic heterocycles. The van der Waals surface area contributed by atoms with Gasteiger partial charge in [0.1, 0.15) is 11.3 Å². The Kier molecular flexibility index (Phi) is 5.71. The van der Waals surface area contributed by atoms with Gasteiger partial charge in [-0.1, -0.05) is 22.0 Å². The Labute approximate surface area is 150 Å². The van der Waals surface area contributed by atoms with Crippen LogP contribution in [-0.4, -0.2) is 28.5 Å². The molecule has 2 rings (SSSR count). The first-order valence-electron chi connectivity index (χ1n) is 6.98. The first kappa shape index (κ1) is 18.4. The maximum atomic E-state index is 11.9. The molecule has 0 unspecified atom stereocenters. The summed E-state index contributed by atoms with van der Waals surface area (Å²) in [6.07, 6.45) is 0. The van der Waals surface area contributed by atoms with Gasteiger partial charge in [0.25, 0.3) is 11.6 Å². The molecule has 0 fully saturated rings. The van der Waals surface area contributed by atoms with Crippen LogP contribution in [0.15, 0.2) is 40.9 Å². The number of aromatic hydroxyl groups is 1. The number of carbonyl (C=O) groups excluding carboxylic acids is 2. The van der Waals surface area contributed by atoms with Gasteiger partial charge in [-0.2, -0.15) is 0 Å². The number of hydrogen-bond donors (Lipinski definition) is 2. The van der Waals surface area contributed by atoms with Gasteiger partial charge < -0.3 is 15.2 Å². The molecule has 0 radical (unpaired) electrons. The number of phenolic OH excluding ortho intramolecular Hbond substituents is 1. The highest BCUT2D eigenvalue weighted by Gasteiger charge is 2.16. The number of nitro groups is 1. The van der Waals surface area contributed by atoms with Crippen LogP contribution in [0.5, 0.6) is 5.75 Å². The number of aryl methyl sites for hydroxylation is 1. The first-order chi connectivity index (χ1) is 11.8. The monoisotopic (exact) mass is 408 g/mol. The smallest absolute Gasteiger partial charge is 0.342 e. The average Bonchev–Trinajstić information content (AvgIpc) is 2.56. The van der Waals surface area contributed by atoms with Gasteiger partial charge in [0.05, 0.1) is 4.92 Å². The predicted octanol–water partition coefficient (Wildman–Crippen LogP) is 3.17. The van der Waals surface area contributed by atoms with E-state index in [1.54, 1.807) is 13.0 Å². The zero-order chi connectivity index (χ0) is 18.6. The number of nitrogens with one attached hydrogen (secondary N) is 1. The Morgan fingerprint density at radius 1 is 1.28 bits per heavy atom. The second kappa shape index (κ2) is 7.75. The van der Waals surface area contributed by atoms with Gasteiger partial charge in [-0.05, 0) is 31.2 Å². The zero-order valence-corrected chi connectivity index (χ0v) is 14.6. The van der Waals surface area contributed by atoms with Crippen LogP contribution in [0.1, 0.15) is 15.9 Å². The van der Waals surface area contributed by atoms with Crippen molar-refractivity contribution in [2.45, 2.75) is 6.92 Å². The number of ether oxygens (including phenoxy) is 1. The minimum Gasteiger partial charge on any atom is -0.507 e. The normalized spacial score (nSPS) is 10.2. The summed E-state index contributed by atoms with van der Waals surface area (Å²) < 4.78 is 5.40. The van der Waals surface area contributed by atoms with Crippen LogP contribution >= 0.6 is 15.9 Å². The predicted molar refractivity (Wildman–Crippen MR) is 92.6 cm³/mol. The number of carbonyl (C=O) groups is 2. The molecule has 0 spiro atoms. The van der Waals surface area contributed by atoms with Crippen LogP contribution < -0.4 is 5.32 Å². The Bertz CT molecular complexity index is 853. The van der Waals surface area contributed by atoms with E-state index in [-0.39, 0.29) is 22.7 Å². The third-order valence-corrected chi connectivity index (χ3v) is 3.70. The third kappa shape index (κ3) is 4.77. The minimum atomic E-state index is -0.871. The van der Waals surface area contributed by atoms with Crippen LogP contribution in [0, 0.1) is 17.0 Å².